The summed E-state index contributed by atoms with van der Waals surface area (Å²) in [7, 11) is 1.65. The van der Waals surface area contributed by atoms with Crippen molar-refractivity contribution in [1.82, 2.24) is 19.5 Å². The van der Waals surface area contributed by atoms with E-state index in [2.05, 4.69) is 26.8 Å². The van der Waals surface area contributed by atoms with Crippen LogP contribution >= 0.6 is 12.4 Å². The van der Waals surface area contributed by atoms with Crippen molar-refractivity contribution in [3.05, 3.63) is 35.7 Å². The minimum atomic E-state index is -1.20. The number of benzene rings is 1. The number of nitrogens with zero attached hydrogens (tertiary/aromatic N) is 4. The maximum atomic E-state index is 13.5. The van der Waals surface area contributed by atoms with Crippen LogP contribution in [-0.4, -0.2) is 30.2 Å². The van der Waals surface area contributed by atoms with E-state index in [-0.39, 0.29) is 29.6 Å². The van der Waals surface area contributed by atoms with Gasteiger partial charge in [0.15, 0.2) is 17.0 Å². The number of halogens is 3. The normalized spacial score (nSPS) is 11.0. The smallest absolute Gasteiger partial charge is 0.209 e. The van der Waals surface area contributed by atoms with E-state index in [9.17, 15) is 13.9 Å². The molecule has 0 fully saturated rings. The molecule has 0 aliphatic rings. The van der Waals surface area contributed by atoms with Gasteiger partial charge in [0.25, 0.3) is 0 Å². The molecular weight excluding hydrogens is 364 g/mol. The number of hydrogen-bond acceptors (Lipinski definition) is 5. The molecule has 2 heterocycles. The number of hydrogen-bond donors (Lipinski definition) is 2. The zero-order valence-corrected chi connectivity index (χ0v) is 15.0. The molecule has 6 nitrogen and oxygen atoms in total. The fourth-order valence-electron chi connectivity index (χ4n) is 2.29. The molecule has 0 aliphatic carbocycles. The maximum absolute atomic E-state index is 13.5. The van der Waals surface area contributed by atoms with Gasteiger partial charge in [-0.25, -0.2) is 23.7 Å². The summed E-state index contributed by atoms with van der Waals surface area (Å²) in [5.41, 5.74) is 5.63. The van der Waals surface area contributed by atoms with E-state index in [0.717, 1.165) is 6.07 Å². The first-order valence-electron chi connectivity index (χ1n) is 7.36. The van der Waals surface area contributed by atoms with Crippen molar-refractivity contribution in [2.75, 3.05) is 5.73 Å². The fourth-order valence-corrected chi connectivity index (χ4v) is 2.29. The summed E-state index contributed by atoms with van der Waals surface area (Å²) >= 11 is 0. The Morgan fingerprint density at radius 2 is 1.73 bits per heavy atom. The van der Waals surface area contributed by atoms with E-state index in [0.29, 0.717) is 17.0 Å². The number of imidazole rings is 1. The SMILES string of the molecule is Cl.Cn1c(-c2cc(F)cc(F)c2)nc2c(N)nc(C#CC(C)(C)O)nc21. The Morgan fingerprint density at radius 3 is 2.31 bits per heavy atom. The molecule has 3 rings (SSSR count). The first-order valence-corrected chi connectivity index (χ1v) is 7.36. The number of nitrogen functional groups attached to an aromatic ring is 1. The number of aryl methyl sites for hydroxylation is 1. The standard InChI is InChI=1S/C17H15F2N5O.ClH/c1-17(2,25)5-4-12-21-14(20)13-16(22-12)24(3)15(23-13)9-6-10(18)8-11(19)7-9;/h6-8,25H,1-3H3,(H2,20,21,22);1H. The first kappa shape index (κ1) is 19.6. The Bertz CT molecular complexity index is 1030. The van der Waals surface area contributed by atoms with E-state index < -0.39 is 17.2 Å². The number of aromatic nitrogens is 4. The van der Waals surface area contributed by atoms with Crippen LogP contribution in [0.2, 0.25) is 0 Å². The Morgan fingerprint density at radius 1 is 1.12 bits per heavy atom. The highest BCUT2D eigenvalue weighted by Gasteiger charge is 2.17. The van der Waals surface area contributed by atoms with Crippen LogP contribution < -0.4 is 5.73 Å². The van der Waals surface area contributed by atoms with Crippen molar-refractivity contribution >= 4 is 29.4 Å². The largest absolute Gasteiger partial charge is 0.382 e. The molecule has 0 amide bonds. The van der Waals surface area contributed by atoms with Gasteiger partial charge in [-0.2, -0.15) is 0 Å². The monoisotopic (exact) mass is 379 g/mol. The van der Waals surface area contributed by atoms with E-state index in [4.69, 9.17) is 5.73 Å². The summed E-state index contributed by atoms with van der Waals surface area (Å²) in [4.78, 5) is 12.6. The Kier molecular flexibility index (Phi) is 5.16. The molecule has 0 atom stereocenters. The molecule has 3 aromatic rings. The Labute approximate surface area is 154 Å². The molecular formula is C17H16ClF2N5O. The van der Waals surface area contributed by atoms with Crippen molar-refractivity contribution in [3.63, 3.8) is 0 Å². The van der Waals surface area contributed by atoms with E-state index in [1.165, 1.54) is 26.0 Å². The minimum absolute atomic E-state index is 0. The number of aliphatic hydroxyl groups is 1. The van der Waals surface area contributed by atoms with Crippen LogP contribution in [0.1, 0.15) is 19.7 Å². The third-order valence-corrected chi connectivity index (χ3v) is 3.35. The number of fused-ring (bicyclic) bond motifs is 1. The highest BCUT2D eigenvalue weighted by molar-refractivity contribution is 5.86. The summed E-state index contributed by atoms with van der Waals surface area (Å²) in [6, 6.07) is 3.12. The van der Waals surface area contributed by atoms with Crippen molar-refractivity contribution in [1.29, 1.82) is 0 Å². The van der Waals surface area contributed by atoms with Crippen LogP contribution in [0.15, 0.2) is 18.2 Å². The van der Waals surface area contributed by atoms with Gasteiger partial charge in [0.2, 0.25) is 5.82 Å². The highest BCUT2D eigenvalue weighted by Crippen LogP contribution is 2.26. The second kappa shape index (κ2) is 6.86. The molecule has 0 radical (unpaired) electrons. The van der Waals surface area contributed by atoms with Gasteiger partial charge >= 0.3 is 0 Å². The zero-order chi connectivity index (χ0) is 18.4. The Hall–Kier alpha value is -2.76. The van der Waals surface area contributed by atoms with Gasteiger partial charge in [-0.05, 0) is 31.9 Å². The molecule has 0 unspecified atom stereocenters. The average Bonchev–Trinajstić information content (AvgIpc) is 2.82. The van der Waals surface area contributed by atoms with Crippen molar-refractivity contribution in [3.8, 4) is 23.2 Å². The van der Waals surface area contributed by atoms with Crippen LogP contribution in [0.3, 0.4) is 0 Å². The average molecular weight is 380 g/mol. The number of nitrogens with two attached hydrogens (primary N) is 1. The second-order valence-corrected chi connectivity index (χ2v) is 6.07. The summed E-state index contributed by atoms with van der Waals surface area (Å²) < 4.78 is 28.5. The quantitative estimate of drug-likeness (QED) is 0.634. The van der Waals surface area contributed by atoms with Crippen molar-refractivity contribution < 1.29 is 13.9 Å². The molecule has 2 aromatic heterocycles. The van der Waals surface area contributed by atoms with E-state index in [1.54, 1.807) is 11.6 Å². The molecule has 9 heteroatoms. The van der Waals surface area contributed by atoms with Gasteiger partial charge in [-0.3, -0.25) is 0 Å². The van der Waals surface area contributed by atoms with Crippen molar-refractivity contribution in [2.45, 2.75) is 19.4 Å². The summed E-state index contributed by atoms with van der Waals surface area (Å²) in [6.07, 6.45) is 0. The number of rotatable bonds is 1. The van der Waals surface area contributed by atoms with E-state index >= 15 is 0 Å². The van der Waals surface area contributed by atoms with Gasteiger partial charge < -0.3 is 15.4 Å². The van der Waals surface area contributed by atoms with Crippen LogP contribution in [0.5, 0.6) is 0 Å². The van der Waals surface area contributed by atoms with Crippen LogP contribution in [0.4, 0.5) is 14.6 Å². The Balaban J connectivity index is 0.00000243. The lowest BCUT2D eigenvalue weighted by Gasteiger charge is -2.05. The lowest BCUT2D eigenvalue weighted by Crippen LogP contribution is -2.14. The molecule has 3 N–H and O–H groups in total. The molecule has 136 valence electrons. The number of anilines is 1. The summed E-state index contributed by atoms with van der Waals surface area (Å²) in [5, 5.41) is 9.67. The molecule has 0 saturated carbocycles. The molecule has 0 aliphatic heterocycles. The van der Waals surface area contributed by atoms with Gasteiger partial charge in [0.05, 0.1) is 0 Å². The molecule has 0 bridgehead atoms. The van der Waals surface area contributed by atoms with Gasteiger partial charge in [-0.1, -0.05) is 5.92 Å². The van der Waals surface area contributed by atoms with Crippen LogP contribution in [0.25, 0.3) is 22.6 Å². The third-order valence-electron chi connectivity index (χ3n) is 3.35. The third kappa shape index (κ3) is 3.90. The molecule has 26 heavy (non-hydrogen) atoms. The van der Waals surface area contributed by atoms with Gasteiger partial charge in [0, 0.05) is 18.7 Å². The molecule has 0 spiro atoms. The van der Waals surface area contributed by atoms with Gasteiger partial charge in [0.1, 0.15) is 23.1 Å². The fraction of sp³-hybridized carbons (Fsp3) is 0.235. The second-order valence-electron chi connectivity index (χ2n) is 6.07. The minimum Gasteiger partial charge on any atom is -0.382 e. The summed E-state index contributed by atoms with van der Waals surface area (Å²) in [6.45, 7) is 3.06. The van der Waals surface area contributed by atoms with Crippen molar-refractivity contribution in [2.24, 2.45) is 7.05 Å². The predicted molar refractivity (Wildman–Crippen MR) is 96.5 cm³/mol. The predicted octanol–water partition coefficient (Wildman–Crippen LogP) is 2.43. The summed E-state index contributed by atoms with van der Waals surface area (Å²) in [5.74, 6) is 4.33. The topological polar surface area (TPSA) is 89.9 Å². The maximum Gasteiger partial charge on any atom is 0.209 e. The lowest BCUT2D eigenvalue weighted by molar-refractivity contribution is 0.143. The zero-order valence-electron chi connectivity index (χ0n) is 14.2. The first-order chi connectivity index (χ1) is 11.6. The van der Waals surface area contributed by atoms with Crippen LogP contribution in [-0.2, 0) is 7.05 Å². The molecule has 1 aromatic carbocycles. The van der Waals surface area contributed by atoms with Gasteiger partial charge in [-0.15, -0.1) is 12.4 Å². The highest BCUT2D eigenvalue weighted by atomic mass is 35.5. The van der Waals surface area contributed by atoms with Crippen LogP contribution in [0, 0.1) is 23.5 Å². The molecule has 0 saturated heterocycles. The lowest BCUT2D eigenvalue weighted by atomic mass is 10.1. The van der Waals surface area contributed by atoms with E-state index in [1.807, 2.05) is 0 Å².